The molecule has 15 heteroatoms. The number of hydrogen-bond donors (Lipinski definition) is 9. The summed E-state index contributed by atoms with van der Waals surface area (Å²) in [7, 11) is 0. The Morgan fingerprint density at radius 1 is 0.771 bits per heavy atom. The fourth-order valence-electron chi connectivity index (χ4n) is 2.75. The molecule has 0 heterocycles. The van der Waals surface area contributed by atoms with Gasteiger partial charge in [0.1, 0.15) is 23.9 Å². The van der Waals surface area contributed by atoms with E-state index in [4.69, 9.17) is 21.1 Å². The van der Waals surface area contributed by atoms with Gasteiger partial charge in [-0.25, -0.2) is 4.79 Å². The van der Waals surface area contributed by atoms with Crippen LogP contribution in [0.15, 0.2) is 24.3 Å². The Bertz CT molecular complexity index is 956. The van der Waals surface area contributed by atoms with E-state index in [2.05, 4.69) is 23.3 Å². The maximum absolute atomic E-state index is 12.8. The van der Waals surface area contributed by atoms with Crippen molar-refractivity contribution in [1.82, 2.24) is 16.0 Å². The lowest BCUT2D eigenvalue weighted by molar-refractivity contribution is -0.143. The van der Waals surface area contributed by atoms with Gasteiger partial charge in [0.25, 0.3) is 0 Å². The monoisotopic (exact) mass is 514 g/mol. The molecule has 0 aromatic heterocycles. The standard InChI is InChI=1S/C20H26N4O10S/c21-11(6-15(26)27)17(30)22-13(7-16(28)29)19(32)23-12(5-9-1-3-10(25)4-2-9)18(31)24-14(8-35)20(33)34/h1-4,11-14,25,35H,5-8,21H2,(H,22,30)(H,23,32)(H,24,31)(H,26,27)(H,28,29)(H,33,34). The fraction of sp³-hybridized carbons (Fsp3) is 0.400. The zero-order valence-electron chi connectivity index (χ0n) is 18.2. The number of aliphatic carboxylic acids is 3. The highest BCUT2D eigenvalue weighted by Crippen LogP contribution is 2.12. The molecule has 35 heavy (non-hydrogen) atoms. The molecule has 0 fully saturated rings. The highest BCUT2D eigenvalue weighted by molar-refractivity contribution is 7.80. The number of carbonyl (C=O) groups excluding carboxylic acids is 3. The molecule has 0 aliphatic carbocycles. The van der Waals surface area contributed by atoms with Crippen molar-refractivity contribution in [2.45, 2.75) is 43.4 Å². The number of phenols is 1. The minimum Gasteiger partial charge on any atom is -0.508 e. The number of amides is 3. The molecule has 0 aliphatic heterocycles. The largest absolute Gasteiger partial charge is 0.508 e. The van der Waals surface area contributed by atoms with E-state index in [1.54, 1.807) is 0 Å². The molecular weight excluding hydrogens is 488 g/mol. The highest BCUT2D eigenvalue weighted by atomic mass is 32.1. The third-order valence-corrected chi connectivity index (χ3v) is 4.91. The molecule has 4 unspecified atom stereocenters. The number of nitrogens with two attached hydrogens (primary N) is 1. The lowest BCUT2D eigenvalue weighted by Crippen LogP contribution is -2.58. The molecular formula is C20H26N4O10S. The summed E-state index contributed by atoms with van der Waals surface area (Å²) in [6, 6.07) is -0.598. The van der Waals surface area contributed by atoms with Gasteiger partial charge < -0.3 is 42.1 Å². The van der Waals surface area contributed by atoms with Gasteiger partial charge in [-0.1, -0.05) is 12.1 Å². The molecule has 0 saturated carbocycles. The van der Waals surface area contributed by atoms with Crippen molar-refractivity contribution < 1.29 is 49.2 Å². The molecule has 192 valence electrons. The quantitative estimate of drug-likeness (QED) is 0.119. The minimum atomic E-state index is -1.73. The molecule has 0 saturated heterocycles. The second-order valence-electron chi connectivity index (χ2n) is 7.38. The normalized spacial score (nSPS) is 14.0. The number of aromatic hydroxyl groups is 1. The summed E-state index contributed by atoms with van der Waals surface area (Å²) in [5.41, 5.74) is 5.89. The smallest absolute Gasteiger partial charge is 0.327 e. The van der Waals surface area contributed by atoms with E-state index in [9.17, 15) is 33.9 Å². The molecule has 1 aromatic carbocycles. The summed E-state index contributed by atoms with van der Waals surface area (Å²) >= 11 is 3.85. The first-order valence-electron chi connectivity index (χ1n) is 10.1. The topological polar surface area (TPSA) is 245 Å². The Balaban J connectivity index is 3.13. The van der Waals surface area contributed by atoms with Gasteiger partial charge in [-0.05, 0) is 17.7 Å². The average Bonchev–Trinajstić information content (AvgIpc) is 2.76. The van der Waals surface area contributed by atoms with Crippen molar-refractivity contribution in [2.75, 3.05) is 5.75 Å². The van der Waals surface area contributed by atoms with Crippen LogP contribution in [0.3, 0.4) is 0 Å². The van der Waals surface area contributed by atoms with Crippen LogP contribution in [0.2, 0.25) is 0 Å². The van der Waals surface area contributed by atoms with Crippen LogP contribution in [0.5, 0.6) is 5.75 Å². The van der Waals surface area contributed by atoms with Crippen molar-refractivity contribution in [2.24, 2.45) is 5.73 Å². The number of rotatable bonds is 14. The van der Waals surface area contributed by atoms with E-state index in [-0.39, 0.29) is 17.9 Å². The summed E-state index contributed by atoms with van der Waals surface area (Å²) in [6.07, 6.45) is -1.89. The molecule has 0 spiro atoms. The van der Waals surface area contributed by atoms with Crippen LogP contribution >= 0.6 is 12.6 Å². The van der Waals surface area contributed by atoms with Gasteiger partial charge in [-0.3, -0.25) is 24.0 Å². The number of benzene rings is 1. The third kappa shape index (κ3) is 10.3. The predicted molar refractivity (Wildman–Crippen MR) is 122 cm³/mol. The van der Waals surface area contributed by atoms with Crippen molar-refractivity contribution in [1.29, 1.82) is 0 Å². The van der Waals surface area contributed by atoms with Crippen LogP contribution < -0.4 is 21.7 Å². The van der Waals surface area contributed by atoms with Gasteiger partial charge in [-0.2, -0.15) is 12.6 Å². The molecule has 3 amide bonds. The van der Waals surface area contributed by atoms with E-state index in [1.165, 1.54) is 24.3 Å². The number of phenolic OH excluding ortho intramolecular Hbond substituents is 1. The van der Waals surface area contributed by atoms with Crippen molar-refractivity contribution in [3.8, 4) is 5.75 Å². The van der Waals surface area contributed by atoms with E-state index < -0.39 is 72.6 Å². The van der Waals surface area contributed by atoms with Crippen molar-refractivity contribution in [3.05, 3.63) is 29.8 Å². The second kappa shape index (κ2) is 13.8. The SMILES string of the molecule is NC(CC(=O)O)C(=O)NC(CC(=O)O)C(=O)NC(Cc1ccc(O)cc1)C(=O)NC(CS)C(=O)O. The average molecular weight is 515 g/mol. The maximum atomic E-state index is 12.8. The molecule has 4 atom stereocenters. The molecule has 1 rings (SSSR count). The molecule has 1 aromatic rings. The van der Waals surface area contributed by atoms with E-state index >= 15 is 0 Å². The molecule has 0 radical (unpaired) electrons. The summed E-state index contributed by atoms with van der Waals surface area (Å²) < 4.78 is 0. The van der Waals surface area contributed by atoms with Crippen LogP contribution in [0, 0.1) is 0 Å². The Morgan fingerprint density at radius 3 is 1.74 bits per heavy atom. The van der Waals surface area contributed by atoms with Crippen LogP contribution in [-0.2, 0) is 35.2 Å². The van der Waals surface area contributed by atoms with Gasteiger partial charge >= 0.3 is 17.9 Å². The van der Waals surface area contributed by atoms with Crippen molar-refractivity contribution >= 4 is 48.3 Å². The Labute approximate surface area is 204 Å². The summed E-state index contributed by atoms with van der Waals surface area (Å²) in [5.74, 6) is -7.74. The third-order valence-electron chi connectivity index (χ3n) is 4.55. The van der Waals surface area contributed by atoms with Crippen molar-refractivity contribution in [3.63, 3.8) is 0 Å². The lowest BCUT2D eigenvalue weighted by atomic mass is 10.0. The van der Waals surface area contributed by atoms with Gasteiger partial charge in [0.15, 0.2) is 0 Å². The lowest BCUT2D eigenvalue weighted by Gasteiger charge is -2.24. The number of thiol groups is 1. The first-order chi connectivity index (χ1) is 16.3. The van der Waals surface area contributed by atoms with Gasteiger partial charge in [-0.15, -0.1) is 0 Å². The van der Waals surface area contributed by atoms with Crippen LogP contribution in [0.1, 0.15) is 18.4 Å². The highest BCUT2D eigenvalue weighted by Gasteiger charge is 2.31. The molecule has 14 nitrogen and oxygen atoms in total. The zero-order chi connectivity index (χ0) is 26.7. The number of carboxylic acids is 3. The van der Waals surface area contributed by atoms with E-state index in [0.29, 0.717) is 5.56 Å². The van der Waals surface area contributed by atoms with Crippen LogP contribution in [0.25, 0.3) is 0 Å². The first-order valence-corrected chi connectivity index (χ1v) is 10.7. The van der Waals surface area contributed by atoms with E-state index in [0.717, 1.165) is 0 Å². The first kappa shape index (κ1) is 29.2. The van der Waals surface area contributed by atoms with Gasteiger partial charge in [0.05, 0.1) is 18.9 Å². The predicted octanol–water partition coefficient (Wildman–Crippen LogP) is -2.32. The second-order valence-corrected chi connectivity index (χ2v) is 7.74. The molecule has 9 N–H and O–H groups in total. The Hall–Kier alpha value is -3.85. The zero-order valence-corrected chi connectivity index (χ0v) is 19.1. The van der Waals surface area contributed by atoms with Crippen LogP contribution in [0.4, 0.5) is 0 Å². The number of carbonyl (C=O) groups is 6. The van der Waals surface area contributed by atoms with Gasteiger partial charge in [0.2, 0.25) is 17.7 Å². The summed E-state index contributed by atoms with van der Waals surface area (Å²) in [6.45, 7) is 0. The van der Waals surface area contributed by atoms with E-state index in [1.807, 2.05) is 5.32 Å². The Kier molecular flexibility index (Phi) is 11.5. The van der Waals surface area contributed by atoms with Crippen LogP contribution in [-0.4, -0.2) is 86.0 Å². The molecule has 0 bridgehead atoms. The minimum absolute atomic E-state index is 0.0678. The number of nitrogens with one attached hydrogen (secondary N) is 3. The Morgan fingerprint density at radius 2 is 1.26 bits per heavy atom. The fourth-order valence-corrected chi connectivity index (χ4v) is 3.00. The van der Waals surface area contributed by atoms with Gasteiger partial charge in [0, 0.05) is 12.2 Å². The maximum Gasteiger partial charge on any atom is 0.327 e. The number of hydrogen-bond acceptors (Lipinski definition) is 9. The molecule has 0 aliphatic rings. The number of carboxylic acid groups (broad SMARTS) is 3. The summed E-state index contributed by atoms with van der Waals surface area (Å²) in [5, 5.41) is 43.0. The summed E-state index contributed by atoms with van der Waals surface area (Å²) in [4.78, 5) is 70.9.